The Bertz CT molecular complexity index is 668. The third-order valence-corrected chi connectivity index (χ3v) is 3.74. The van der Waals surface area contributed by atoms with Crippen molar-refractivity contribution >= 4 is 10.8 Å². The molecule has 0 saturated carbocycles. The Morgan fingerprint density at radius 1 is 0.650 bits per heavy atom. The van der Waals surface area contributed by atoms with Gasteiger partial charge in [-0.3, -0.25) is 0 Å². The maximum absolute atomic E-state index is 3.33. The molecule has 0 bridgehead atoms. The molecule has 0 heterocycles. The number of rotatable bonds is 0. The van der Waals surface area contributed by atoms with Gasteiger partial charge in [-0.2, -0.15) is 0 Å². The summed E-state index contributed by atoms with van der Waals surface area (Å²) >= 11 is 0. The van der Waals surface area contributed by atoms with Crippen molar-refractivity contribution in [1.82, 2.24) is 0 Å². The van der Waals surface area contributed by atoms with Gasteiger partial charge in [-0.15, -0.1) is 11.8 Å². The predicted octanol–water partition coefficient (Wildman–Crippen LogP) is 4.51. The van der Waals surface area contributed by atoms with Crippen LogP contribution in [-0.4, -0.2) is 0 Å². The van der Waals surface area contributed by atoms with Crippen LogP contribution in [0.3, 0.4) is 0 Å². The summed E-state index contributed by atoms with van der Waals surface area (Å²) in [6, 6.07) is 13.0. The van der Waals surface area contributed by atoms with Crippen molar-refractivity contribution in [3.8, 4) is 23.7 Å². The highest BCUT2D eigenvalue weighted by Gasteiger charge is 2.04. The van der Waals surface area contributed by atoms with E-state index in [0.717, 1.165) is 25.7 Å². The molecule has 0 spiro atoms. The van der Waals surface area contributed by atoms with Crippen LogP contribution in [0.15, 0.2) is 36.4 Å². The van der Waals surface area contributed by atoms with Gasteiger partial charge >= 0.3 is 0 Å². The highest BCUT2D eigenvalue weighted by molar-refractivity contribution is 5.89. The Labute approximate surface area is 121 Å². The molecule has 0 nitrogen and oxygen atoms in total. The maximum Gasteiger partial charge on any atom is 0.0346 e. The quantitative estimate of drug-likeness (QED) is 0.610. The lowest BCUT2D eigenvalue weighted by Gasteiger charge is -2.08. The zero-order valence-electron chi connectivity index (χ0n) is 11.7. The van der Waals surface area contributed by atoms with E-state index in [1.807, 2.05) is 0 Å². The van der Waals surface area contributed by atoms with Crippen LogP contribution in [-0.2, 0) is 12.8 Å². The molecule has 2 aromatic carbocycles. The highest BCUT2D eigenvalue weighted by atomic mass is 14.1. The van der Waals surface area contributed by atoms with Crippen LogP contribution in [0.25, 0.3) is 10.8 Å². The van der Waals surface area contributed by atoms with Gasteiger partial charge in [-0.1, -0.05) is 48.2 Å². The molecule has 0 N–H and O–H groups in total. The van der Waals surface area contributed by atoms with Crippen LogP contribution in [0.4, 0.5) is 0 Å². The van der Waals surface area contributed by atoms with Gasteiger partial charge in [-0.05, 0) is 34.7 Å². The average molecular weight is 258 g/mol. The maximum atomic E-state index is 3.33. The van der Waals surface area contributed by atoms with Crippen molar-refractivity contribution in [2.75, 3.05) is 0 Å². The van der Waals surface area contributed by atoms with Gasteiger partial charge < -0.3 is 0 Å². The summed E-state index contributed by atoms with van der Waals surface area (Å²) in [7, 11) is 0. The van der Waals surface area contributed by atoms with E-state index in [1.165, 1.54) is 34.7 Å². The van der Waals surface area contributed by atoms with Crippen molar-refractivity contribution in [2.45, 2.75) is 38.5 Å². The molecule has 0 fully saturated rings. The number of hydrogen-bond donors (Lipinski definition) is 0. The van der Waals surface area contributed by atoms with Gasteiger partial charge in [0.15, 0.2) is 0 Å². The lowest BCUT2D eigenvalue weighted by molar-refractivity contribution is 0.782. The van der Waals surface area contributed by atoms with Crippen molar-refractivity contribution < 1.29 is 0 Å². The lowest BCUT2D eigenvalue weighted by Crippen LogP contribution is -1.91. The molecule has 0 aromatic heterocycles. The van der Waals surface area contributed by atoms with Gasteiger partial charge in [0.25, 0.3) is 0 Å². The molecule has 0 saturated heterocycles. The largest absolute Gasteiger partial charge is 0.103 e. The monoisotopic (exact) mass is 258 g/mol. The average Bonchev–Trinajstić information content (AvgIpc) is 2.50. The molecule has 98 valence electrons. The number of benzene rings is 2. The van der Waals surface area contributed by atoms with Crippen LogP contribution in [0.1, 0.15) is 36.8 Å². The Kier molecular flexibility index (Phi) is 4.05. The topological polar surface area (TPSA) is 0 Å². The molecule has 0 heteroatoms. The molecule has 20 heavy (non-hydrogen) atoms. The van der Waals surface area contributed by atoms with E-state index in [4.69, 9.17) is 0 Å². The van der Waals surface area contributed by atoms with Gasteiger partial charge in [0.2, 0.25) is 0 Å². The van der Waals surface area contributed by atoms with Gasteiger partial charge in [0.1, 0.15) is 0 Å². The zero-order chi connectivity index (χ0) is 13.6. The van der Waals surface area contributed by atoms with E-state index >= 15 is 0 Å². The summed E-state index contributed by atoms with van der Waals surface area (Å²) in [5, 5.41) is 2.66. The molecule has 0 aliphatic heterocycles. The Balaban J connectivity index is 2.11. The van der Waals surface area contributed by atoms with Crippen molar-refractivity contribution in [3.05, 3.63) is 47.5 Å². The second-order valence-corrected chi connectivity index (χ2v) is 5.20. The summed E-state index contributed by atoms with van der Waals surface area (Å²) < 4.78 is 0. The Morgan fingerprint density at radius 2 is 1.20 bits per heavy atom. The van der Waals surface area contributed by atoms with E-state index in [-0.39, 0.29) is 0 Å². The summed E-state index contributed by atoms with van der Waals surface area (Å²) in [5.74, 6) is 13.3. The second kappa shape index (κ2) is 6.31. The SMILES string of the molecule is C1#CCc2cccc3cccc(c23)CC#CCCCC1. The molecule has 0 radical (unpaired) electrons. The van der Waals surface area contributed by atoms with Crippen molar-refractivity contribution in [2.24, 2.45) is 0 Å². The zero-order valence-corrected chi connectivity index (χ0v) is 11.7. The molecule has 0 amide bonds. The van der Waals surface area contributed by atoms with Crippen LogP contribution >= 0.6 is 0 Å². The molecule has 2 aromatic rings. The molecule has 0 unspecified atom stereocenters. The molecule has 3 rings (SSSR count). The van der Waals surface area contributed by atoms with Crippen LogP contribution in [0, 0.1) is 23.7 Å². The van der Waals surface area contributed by atoms with E-state index in [1.54, 1.807) is 0 Å². The van der Waals surface area contributed by atoms with Crippen LogP contribution in [0.2, 0.25) is 0 Å². The van der Waals surface area contributed by atoms with Gasteiger partial charge in [0.05, 0.1) is 0 Å². The van der Waals surface area contributed by atoms with E-state index < -0.39 is 0 Å². The fourth-order valence-electron chi connectivity index (χ4n) is 2.72. The summed E-state index contributed by atoms with van der Waals surface area (Å²) in [4.78, 5) is 0. The number of hydrogen-bond acceptors (Lipinski definition) is 0. The first-order chi connectivity index (χ1) is 9.95. The summed E-state index contributed by atoms with van der Waals surface area (Å²) in [6.07, 6.45) is 6.03. The Morgan fingerprint density at radius 3 is 1.75 bits per heavy atom. The smallest absolute Gasteiger partial charge is 0.0346 e. The predicted molar refractivity (Wildman–Crippen MR) is 85.4 cm³/mol. The normalized spacial score (nSPS) is 14.8. The highest BCUT2D eigenvalue weighted by Crippen LogP contribution is 2.24. The Hall–Kier alpha value is -2.18. The van der Waals surface area contributed by atoms with Crippen molar-refractivity contribution in [1.29, 1.82) is 0 Å². The van der Waals surface area contributed by atoms with Gasteiger partial charge in [0, 0.05) is 25.7 Å². The minimum Gasteiger partial charge on any atom is -0.103 e. The fraction of sp³-hybridized carbons (Fsp3) is 0.300. The lowest BCUT2D eigenvalue weighted by atomic mass is 9.96. The van der Waals surface area contributed by atoms with Gasteiger partial charge in [-0.25, -0.2) is 0 Å². The molecule has 1 aliphatic rings. The second-order valence-electron chi connectivity index (χ2n) is 5.20. The minimum absolute atomic E-state index is 0.849. The van der Waals surface area contributed by atoms with Crippen LogP contribution < -0.4 is 0 Å². The summed E-state index contributed by atoms with van der Waals surface area (Å²) in [6.45, 7) is 0. The van der Waals surface area contributed by atoms with E-state index in [9.17, 15) is 0 Å². The molecule has 0 atom stereocenters. The molecule has 1 aliphatic carbocycles. The first-order valence-corrected chi connectivity index (χ1v) is 7.36. The van der Waals surface area contributed by atoms with E-state index in [0.29, 0.717) is 0 Å². The van der Waals surface area contributed by atoms with E-state index in [2.05, 4.69) is 60.1 Å². The molecular weight excluding hydrogens is 240 g/mol. The fourth-order valence-corrected chi connectivity index (χ4v) is 2.72. The van der Waals surface area contributed by atoms with Crippen molar-refractivity contribution in [3.63, 3.8) is 0 Å². The standard InChI is InChI=1S/C20H18/c1-2-4-6-8-12-18-14-10-16-19-15-9-13-17(20(18)19)11-7-5-3-1/h9-10,13-16H,1-4,11-12H2. The first kappa shape index (κ1) is 12.8. The minimum atomic E-state index is 0.849. The molecular formula is C20H18. The third-order valence-electron chi connectivity index (χ3n) is 3.74. The summed E-state index contributed by atoms with van der Waals surface area (Å²) in [5.41, 5.74) is 2.68. The first-order valence-electron chi connectivity index (χ1n) is 7.36. The van der Waals surface area contributed by atoms with Crippen LogP contribution in [0.5, 0.6) is 0 Å². The third kappa shape index (κ3) is 2.87.